The highest BCUT2D eigenvalue weighted by Crippen LogP contribution is 2.34. The van der Waals surface area contributed by atoms with Crippen LogP contribution in [-0.2, 0) is 39.9 Å². The normalized spacial score (nSPS) is 17.5. The quantitative estimate of drug-likeness (QED) is 0.172. The van der Waals surface area contributed by atoms with E-state index in [0.717, 1.165) is 24.5 Å². The molecule has 2 unspecified atom stereocenters. The third-order valence-electron chi connectivity index (χ3n) is 7.47. The molecule has 2 aromatic rings. The topological polar surface area (TPSA) is 122 Å². The van der Waals surface area contributed by atoms with Crippen LogP contribution in [0.4, 0.5) is 13.2 Å². The van der Waals surface area contributed by atoms with Crippen LogP contribution in [0.3, 0.4) is 0 Å². The zero-order chi connectivity index (χ0) is 33.6. The van der Waals surface area contributed by atoms with E-state index in [2.05, 4.69) is 4.74 Å². The number of hydrogen-bond donors (Lipinski definition) is 0. The van der Waals surface area contributed by atoms with Gasteiger partial charge in [-0.05, 0) is 42.4 Å². The van der Waals surface area contributed by atoms with E-state index in [1.807, 2.05) is 20.8 Å². The van der Waals surface area contributed by atoms with Crippen molar-refractivity contribution in [2.75, 3.05) is 12.9 Å². The van der Waals surface area contributed by atoms with Gasteiger partial charge in [0.15, 0.2) is 30.0 Å². The number of carbonyl (C=O) groups is 3. The van der Waals surface area contributed by atoms with Crippen LogP contribution in [0.15, 0.2) is 59.2 Å². The lowest BCUT2D eigenvalue weighted by molar-refractivity contribution is -0.176. The Kier molecular flexibility index (Phi) is 12.2. The van der Waals surface area contributed by atoms with Crippen LogP contribution in [0.5, 0.6) is 0 Å². The summed E-state index contributed by atoms with van der Waals surface area (Å²) in [5.41, 5.74) is -0.489. The van der Waals surface area contributed by atoms with Crippen molar-refractivity contribution in [2.24, 2.45) is 0 Å². The molecule has 0 amide bonds. The van der Waals surface area contributed by atoms with E-state index in [-0.39, 0.29) is 28.9 Å². The van der Waals surface area contributed by atoms with Crippen LogP contribution in [0, 0.1) is 0 Å². The minimum Gasteiger partial charge on any atom is -0.450 e. The van der Waals surface area contributed by atoms with E-state index in [0.29, 0.717) is 18.1 Å². The summed E-state index contributed by atoms with van der Waals surface area (Å²) in [6, 6.07) is 12.3. The fourth-order valence-electron chi connectivity index (χ4n) is 4.81. The smallest absolute Gasteiger partial charge is 0.411 e. The van der Waals surface area contributed by atoms with Gasteiger partial charge in [-0.1, -0.05) is 50.6 Å². The van der Waals surface area contributed by atoms with E-state index < -0.39 is 77.4 Å². The molecule has 2 atom stereocenters. The van der Waals surface area contributed by atoms with Crippen molar-refractivity contribution >= 4 is 47.5 Å². The Bertz CT molecular complexity index is 1530. The highest BCUT2D eigenvalue weighted by atomic mass is 35.5. The first-order valence-electron chi connectivity index (χ1n) is 14.1. The lowest BCUT2D eigenvalue weighted by Gasteiger charge is -2.36. The highest BCUT2D eigenvalue weighted by Gasteiger charge is 2.41. The minimum absolute atomic E-state index is 0.136. The summed E-state index contributed by atoms with van der Waals surface area (Å²) in [4.78, 5) is 38.8. The maximum atomic E-state index is 13.4. The van der Waals surface area contributed by atoms with Crippen molar-refractivity contribution in [1.29, 1.82) is 0 Å². The van der Waals surface area contributed by atoms with Crippen molar-refractivity contribution in [1.82, 2.24) is 0 Å². The molecule has 0 saturated carbocycles. The summed E-state index contributed by atoms with van der Waals surface area (Å²) in [7, 11) is -6.38. The van der Waals surface area contributed by atoms with E-state index in [1.165, 1.54) is 12.1 Å². The van der Waals surface area contributed by atoms with Crippen molar-refractivity contribution < 1.29 is 54.6 Å². The minimum atomic E-state index is -4.69. The van der Waals surface area contributed by atoms with E-state index in [1.54, 1.807) is 18.2 Å². The van der Waals surface area contributed by atoms with Crippen molar-refractivity contribution in [3.05, 3.63) is 76.0 Å². The highest BCUT2D eigenvalue weighted by molar-refractivity contribution is 7.90. The Balaban J connectivity index is 1.96. The zero-order valence-electron chi connectivity index (χ0n) is 25.1. The third-order valence-corrected chi connectivity index (χ3v) is 13.7. The molecule has 9 nitrogen and oxygen atoms in total. The summed E-state index contributed by atoms with van der Waals surface area (Å²) in [6.45, 7) is 3.38. The molecule has 0 fully saturated rings. The molecular weight excluding hydrogens is 657 g/mol. The van der Waals surface area contributed by atoms with Gasteiger partial charge in [-0.25, -0.2) is 18.0 Å². The largest absolute Gasteiger partial charge is 0.450 e. The molecule has 246 valence electrons. The number of halogens is 4. The number of esters is 2. The summed E-state index contributed by atoms with van der Waals surface area (Å²) in [6.07, 6.45) is -5.17. The Morgan fingerprint density at radius 3 is 2.16 bits per heavy atom. The van der Waals surface area contributed by atoms with Crippen LogP contribution in [0.25, 0.3) is 0 Å². The average molecular weight is 691 g/mol. The Morgan fingerprint density at radius 2 is 1.60 bits per heavy atom. The van der Waals surface area contributed by atoms with Gasteiger partial charge >= 0.3 is 18.1 Å². The van der Waals surface area contributed by atoms with Crippen molar-refractivity contribution in [3.63, 3.8) is 0 Å². The monoisotopic (exact) mass is 690 g/mol. The number of alkyl halides is 3. The van der Waals surface area contributed by atoms with Gasteiger partial charge in [0.05, 0.1) is 27.7 Å². The first kappa shape index (κ1) is 36.4. The maximum Gasteiger partial charge on any atom is 0.411 e. The van der Waals surface area contributed by atoms with Gasteiger partial charge in [0.2, 0.25) is 0 Å². The molecule has 0 bridgehead atoms. The second kappa shape index (κ2) is 15.0. The van der Waals surface area contributed by atoms with Gasteiger partial charge in [-0.2, -0.15) is 13.2 Å². The standard InChI is InChI=1S/C30H34ClF3O9SSi/c1-5-45(6-2,7-3)43-25-16-23(41-28(36)19-11-9-8-10-12-19)22(35)15-24(25)42-29(37)20-13-14-26(44(4,38)39)21(27(20)31)17-40-18-30(32,33)34/h8-15,23,25H,5-7,16-18H2,1-4H3. The molecule has 1 aliphatic carbocycles. The molecule has 0 spiro atoms. The van der Waals surface area contributed by atoms with Crippen molar-refractivity contribution in [3.8, 4) is 0 Å². The number of ketones is 1. The second-order valence-electron chi connectivity index (χ2n) is 10.5. The first-order valence-corrected chi connectivity index (χ1v) is 18.9. The molecule has 15 heteroatoms. The molecule has 3 rings (SSSR count). The summed E-state index contributed by atoms with van der Waals surface area (Å²) in [5, 5.41) is -0.487. The Morgan fingerprint density at radius 1 is 0.978 bits per heavy atom. The molecule has 0 saturated heterocycles. The summed E-state index contributed by atoms with van der Waals surface area (Å²) < 4.78 is 85.0. The Labute approximate surface area is 265 Å². The molecule has 45 heavy (non-hydrogen) atoms. The predicted molar refractivity (Wildman–Crippen MR) is 161 cm³/mol. The van der Waals surface area contributed by atoms with Gasteiger partial charge < -0.3 is 18.6 Å². The average Bonchev–Trinajstić information content (AvgIpc) is 2.98. The number of ether oxygens (including phenoxy) is 3. The number of carbonyl (C=O) groups excluding carboxylic acids is 3. The fraction of sp³-hybridized carbons (Fsp3) is 0.433. The number of hydrogen-bond acceptors (Lipinski definition) is 9. The second-order valence-corrected chi connectivity index (χ2v) is 17.6. The molecular formula is C30H34ClF3O9SSi. The fourth-order valence-corrected chi connectivity index (χ4v) is 8.90. The lowest BCUT2D eigenvalue weighted by Crippen LogP contribution is -2.45. The van der Waals surface area contributed by atoms with Gasteiger partial charge in [0.1, 0.15) is 18.5 Å². The lowest BCUT2D eigenvalue weighted by atomic mass is 9.98. The van der Waals surface area contributed by atoms with Crippen LogP contribution < -0.4 is 0 Å². The molecule has 1 aliphatic rings. The first-order chi connectivity index (χ1) is 21.0. The molecule has 2 aromatic carbocycles. The Hall–Kier alpha value is -3.04. The molecule has 0 N–H and O–H groups in total. The van der Waals surface area contributed by atoms with Crippen LogP contribution in [0.2, 0.25) is 23.2 Å². The number of benzene rings is 2. The summed E-state index contributed by atoms with van der Waals surface area (Å²) in [5.74, 6) is -2.65. The number of rotatable bonds is 13. The van der Waals surface area contributed by atoms with Gasteiger partial charge in [-0.15, -0.1) is 0 Å². The van der Waals surface area contributed by atoms with Gasteiger partial charge in [0.25, 0.3) is 0 Å². The van der Waals surface area contributed by atoms with E-state index in [4.69, 9.17) is 25.5 Å². The van der Waals surface area contributed by atoms with Crippen molar-refractivity contribution in [2.45, 2.75) is 75.2 Å². The molecule has 0 aliphatic heterocycles. The van der Waals surface area contributed by atoms with Crippen LogP contribution in [0.1, 0.15) is 53.5 Å². The van der Waals surface area contributed by atoms with Crippen LogP contribution in [-0.4, -0.2) is 65.7 Å². The maximum absolute atomic E-state index is 13.4. The van der Waals surface area contributed by atoms with E-state index in [9.17, 15) is 36.0 Å². The zero-order valence-corrected chi connectivity index (χ0v) is 27.7. The molecule has 0 aromatic heterocycles. The summed E-state index contributed by atoms with van der Waals surface area (Å²) >= 11 is 6.37. The van der Waals surface area contributed by atoms with Gasteiger partial charge in [-0.3, -0.25) is 4.79 Å². The molecule has 0 radical (unpaired) electrons. The van der Waals surface area contributed by atoms with Gasteiger partial charge in [0, 0.05) is 24.3 Å². The third kappa shape index (κ3) is 9.48. The number of sulfone groups is 1. The van der Waals surface area contributed by atoms with E-state index >= 15 is 0 Å². The molecule has 0 heterocycles. The predicted octanol–water partition coefficient (Wildman–Crippen LogP) is 6.45. The van der Waals surface area contributed by atoms with Crippen LogP contribution >= 0.6 is 11.6 Å². The SMILES string of the molecule is CC[Si](CC)(CC)OC1CC(OC(=O)c2ccccc2)C(=O)C=C1OC(=O)c1ccc(S(C)(=O)=O)c(COCC(F)(F)F)c1Cl.